The van der Waals surface area contributed by atoms with Gasteiger partial charge in [-0.1, -0.05) is 54.2 Å². The second-order valence-electron chi connectivity index (χ2n) is 7.92. The van der Waals surface area contributed by atoms with Crippen molar-refractivity contribution < 1.29 is 9.18 Å². The monoisotopic (exact) mass is 454 g/mol. The van der Waals surface area contributed by atoms with Crippen molar-refractivity contribution in [1.29, 1.82) is 0 Å². The highest BCUT2D eigenvalue weighted by Crippen LogP contribution is 2.26. The Balaban J connectivity index is 1.50. The van der Waals surface area contributed by atoms with Crippen LogP contribution in [-0.4, -0.2) is 44.6 Å². The molecule has 4 rings (SSSR count). The lowest BCUT2D eigenvalue weighted by Gasteiger charge is -2.19. The molecule has 2 heterocycles. The van der Waals surface area contributed by atoms with Crippen LogP contribution in [0.1, 0.15) is 19.4 Å². The van der Waals surface area contributed by atoms with Gasteiger partial charge in [0, 0.05) is 18.6 Å². The zero-order valence-corrected chi connectivity index (χ0v) is 18.9. The first-order chi connectivity index (χ1) is 15.5. The number of hydrogen-bond acceptors (Lipinski definition) is 6. The molecule has 1 saturated heterocycles. The molecule has 1 aliphatic rings. The summed E-state index contributed by atoms with van der Waals surface area (Å²) in [4.78, 5) is 12.6. The van der Waals surface area contributed by atoms with Crippen molar-refractivity contribution in [3.05, 3.63) is 66.0 Å². The molecule has 0 spiro atoms. The van der Waals surface area contributed by atoms with Crippen molar-refractivity contribution in [2.45, 2.75) is 50.1 Å². The number of hydrogen-bond donors (Lipinski definition) is 3. The van der Waals surface area contributed by atoms with Crippen LogP contribution in [0.25, 0.3) is 11.4 Å². The predicted molar refractivity (Wildman–Crippen MR) is 123 cm³/mol. The molecule has 0 aliphatic carbocycles. The minimum atomic E-state index is -0.348. The molecule has 7 nitrogen and oxygen atoms in total. The molecule has 3 aromatic rings. The van der Waals surface area contributed by atoms with Crippen LogP contribution in [-0.2, 0) is 17.8 Å². The first-order valence-electron chi connectivity index (χ1n) is 10.7. The number of carbonyl (C=O) groups excluding carboxylic acids is 1. The minimum Gasteiger partial charge on any atom is -0.349 e. The number of amides is 1. The molecule has 168 valence electrons. The van der Waals surface area contributed by atoms with E-state index in [2.05, 4.69) is 38.5 Å². The van der Waals surface area contributed by atoms with E-state index in [1.54, 1.807) is 18.2 Å². The quantitative estimate of drug-likeness (QED) is 0.454. The van der Waals surface area contributed by atoms with Crippen LogP contribution in [0.4, 0.5) is 4.39 Å². The summed E-state index contributed by atoms with van der Waals surface area (Å²) in [6.07, 6.45) is 0.745. The van der Waals surface area contributed by atoms with Gasteiger partial charge in [0.25, 0.3) is 0 Å². The fourth-order valence-electron chi connectivity index (χ4n) is 3.81. The standard InChI is InChI=1S/C23H27FN6OS/c1-15-21(16(2)27-26-15)25-20(31)14-32-23-29-28-22(18-10-6-7-11-19(18)24)30(23)13-12-17-8-4-3-5-9-17/h3-11,15-16,21,26-27H,12-14H2,1-2H3,(H,25,31). The number of thioether (sulfide) groups is 1. The summed E-state index contributed by atoms with van der Waals surface area (Å²) in [6.45, 7) is 4.63. The Hall–Kier alpha value is -2.75. The zero-order chi connectivity index (χ0) is 22.5. The fraction of sp³-hybridized carbons (Fsp3) is 0.348. The molecule has 2 aromatic carbocycles. The molecule has 1 amide bonds. The van der Waals surface area contributed by atoms with E-state index in [1.807, 2.05) is 36.6 Å². The van der Waals surface area contributed by atoms with E-state index in [0.29, 0.717) is 23.1 Å². The van der Waals surface area contributed by atoms with Gasteiger partial charge < -0.3 is 9.88 Å². The Morgan fingerprint density at radius 2 is 1.75 bits per heavy atom. The highest BCUT2D eigenvalue weighted by molar-refractivity contribution is 7.99. The number of hydrazine groups is 1. The van der Waals surface area contributed by atoms with E-state index in [-0.39, 0.29) is 35.6 Å². The van der Waals surface area contributed by atoms with Crippen molar-refractivity contribution in [2.75, 3.05) is 5.75 Å². The molecule has 2 unspecified atom stereocenters. The highest BCUT2D eigenvalue weighted by atomic mass is 32.2. The second kappa shape index (κ2) is 10.2. The predicted octanol–water partition coefficient (Wildman–Crippen LogP) is 2.79. The van der Waals surface area contributed by atoms with Gasteiger partial charge in [-0.05, 0) is 38.0 Å². The summed E-state index contributed by atoms with van der Waals surface area (Å²) in [5.41, 5.74) is 7.83. The van der Waals surface area contributed by atoms with Crippen molar-refractivity contribution in [2.24, 2.45) is 0 Å². The van der Waals surface area contributed by atoms with E-state index >= 15 is 0 Å². The van der Waals surface area contributed by atoms with E-state index in [9.17, 15) is 9.18 Å². The number of aryl methyl sites for hydroxylation is 1. The second-order valence-corrected chi connectivity index (χ2v) is 8.86. The third kappa shape index (κ3) is 5.17. The van der Waals surface area contributed by atoms with Gasteiger partial charge in [0.2, 0.25) is 5.91 Å². The van der Waals surface area contributed by atoms with Gasteiger partial charge in [-0.3, -0.25) is 15.6 Å². The SMILES string of the molecule is CC1NNC(C)C1NC(=O)CSc1nnc(-c2ccccc2F)n1CCc1ccccc1. The van der Waals surface area contributed by atoms with Crippen LogP contribution >= 0.6 is 11.8 Å². The molecule has 1 aliphatic heterocycles. The number of halogens is 1. The van der Waals surface area contributed by atoms with E-state index < -0.39 is 0 Å². The Morgan fingerprint density at radius 3 is 2.47 bits per heavy atom. The number of nitrogens with zero attached hydrogens (tertiary/aromatic N) is 3. The molecule has 3 N–H and O–H groups in total. The number of nitrogens with one attached hydrogen (secondary N) is 3. The maximum Gasteiger partial charge on any atom is 0.230 e. The maximum absolute atomic E-state index is 14.5. The van der Waals surface area contributed by atoms with Crippen LogP contribution in [0.5, 0.6) is 0 Å². The van der Waals surface area contributed by atoms with Crippen molar-refractivity contribution in [3.63, 3.8) is 0 Å². The van der Waals surface area contributed by atoms with Crippen LogP contribution in [0.3, 0.4) is 0 Å². The Bertz CT molecular complexity index is 1050. The average molecular weight is 455 g/mol. The molecular formula is C23H27FN6OS. The smallest absolute Gasteiger partial charge is 0.230 e. The average Bonchev–Trinajstić information content (AvgIpc) is 3.35. The number of benzene rings is 2. The summed E-state index contributed by atoms with van der Waals surface area (Å²) in [7, 11) is 0. The van der Waals surface area contributed by atoms with Gasteiger partial charge in [0.05, 0.1) is 17.4 Å². The van der Waals surface area contributed by atoms with Gasteiger partial charge in [0.1, 0.15) is 5.82 Å². The van der Waals surface area contributed by atoms with E-state index in [0.717, 1.165) is 6.42 Å². The third-order valence-electron chi connectivity index (χ3n) is 5.57. The Morgan fingerprint density at radius 1 is 1.06 bits per heavy atom. The van der Waals surface area contributed by atoms with E-state index in [4.69, 9.17) is 0 Å². The minimum absolute atomic E-state index is 0.00743. The van der Waals surface area contributed by atoms with Crippen LogP contribution in [0.15, 0.2) is 59.8 Å². The molecule has 9 heteroatoms. The van der Waals surface area contributed by atoms with Gasteiger partial charge in [-0.25, -0.2) is 4.39 Å². The van der Waals surface area contributed by atoms with Gasteiger partial charge >= 0.3 is 0 Å². The summed E-state index contributed by atoms with van der Waals surface area (Å²) in [5.74, 6) is 0.249. The van der Waals surface area contributed by atoms with Crippen molar-refractivity contribution >= 4 is 17.7 Å². The molecule has 1 fully saturated rings. The lowest BCUT2D eigenvalue weighted by atomic mass is 10.1. The highest BCUT2D eigenvalue weighted by Gasteiger charge is 2.31. The summed E-state index contributed by atoms with van der Waals surface area (Å²) < 4.78 is 16.4. The number of aromatic nitrogens is 3. The maximum atomic E-state index is 14.5. The third-order valence-corrected chi connectivity index (χ3v) is 6.54. The summed E-state index contributed by atoms with van der Waals surface area (Å²) >= 11 is 1.31. The van der Waals surface area contributed by atoms with E-state index in [1.165, 1.54) is 23.4 Å². The van der Waals surface area contributed by atoms with Crippen LogP contribution < -0.4 is 16.2 Å². The first kappa shape index (κ1) is 22.4. The molecule has 0 radical (unpaired) electrons. The lowest BCUT2D eigenvalue weighted by molar-refractivity contribution is -0.119. The number of rotatable bonds is 8. The van der Waals surface area contributed by atoms with Gasteiger partial charge in [-0.2, -0.15) is 0 Å². The topological polar surface area (TPSA) is 83.9 Å². The lowest BCUT2D eigenvalue weighted by Crippen LogP contribution is -2.47. The summed E-state index contributed by atoms with van der Waals surface area (Å²) in [5, 5.41) is 12.2. The Labute approximate surface area is 191 Å². The molecule has 1 aromatic heterocycles. The zero-order valence-electron chi connectivity index (χ0n) is 18.1. The van der Waals surface area contributed by atoms with Crippen LogP contribution in [0.2, 0.25) is 0 Å². The van der Waals surface area contributed by atoms with Crippen LogP contribution in [0, 0.1) is 5.82 Å². The fourth-order valence-corrected chi connectivity index (χ4v) is 4.58. The molecule has 2 atom stereocenters. The Kier molecular flexibility index (Phi) is 7.19. The molecular weight excluding hydrogens is 427 g/mol. The number of carbonyl (C=O) groups is 1. The van der Waals surface area contributed by atoms with Gasteiger partial charge in [0.15, 0.2) is 11.0 Å². The first-order valence-corrected chi connectivity index (χ1v) is 11.7. The largest absolute Gasteiger partial charge is 0.349 e. The summed E-state index contributed by atoms with van der Waals surface area (Å²) in [6, 6.07) is 16.9. The normalized spacial score (nSPS) is 20.4. The van der Waals surface area contributed by atoms with Gasteiger partial charge in [-0.15, -0.1) is 10.2 Å². The van der Waals surface area contributed by atoms with Crippen molar-refractivity contribution in [3.8, 4) is 11.4 Å². The molecule has 32 heavy (non-hydrogen) atoms. The van der Waals surface area contributed by atoms with Crippen molar-refractivity contribution in [1.82, 2.24) is 30.9 Å². The molecule has 0 saturated carbocycles. The molecule has 0 bridgehead atoms.